The summed E-state index contributed by atoms with van der Waals surface area (Å²) in [6, 6.07) is 4.82. The SMILES string of the molecule is COC(=O)C1CC(F)=CN1C(=O)c1ccccc1OSF. The van der Waals surface area contributed by atoms with E-state index in [-0.39, 0.29) is 17.7 Å². The van der Waals surface area contributed by atoms with Crippen LogP contribution < -0.4 is 4.18 Å². The second kappa shape index (κ2) is 6.57. The molecule has 0 aliphatic carbocycles. The maximum Gasteiger partial charge on any atom is 0.329 e. The Balaban J connectivity index is 2.32. The molecule has 1 unspecified atom stereocenters. The summed E-state index contributed by atoms with van der Waals surface area (Å²) in [7, 11) is 1.15. The maximum absolute atomic E-state index is 13.4. The minimum Gasteiger partial charge on any atom is -0.467 e. The van der Waals surface area contributed by atoms with E-state index in [1.54, 1.807) is 12.1 Å². The predicted molar refractivity (Wildman–Crippen MR) is 71.6 cm³/mol. The van der Waals surface area contributed by atoms with Gasteiger partial charge in [0.15, 0.2) is 5.75 Å². The Bertz CT molecular complexity index is 593. The molecule has 0 N–H and O–H groups in total. The van der Waals surface area contributed by atoms with E-state index in [0.717, 1.165) is 18.2 Å². The molecule has 1 atom stereocenters. The molecule has 1 aliphatic rings. The van der Waals surface area contributed by atoms with E-state index in [4.69, 9.17) is 0 Å². The number of methoxy groups -OCH3 is 1. The number of carbonyl (C=O) groups is 2. The second-order valence-electron chi connectivity index (χ2n) is 4.17. The van der Waals surface area contributed by atoms with Crippen LogP contribution in [0.3, 0.4) is 0 Å². The predicted octanol–water partition coefficient (Wildman–Crippen LogP) is 2.80. The monoisotopic (exact) mass is 315 g/mol. The molecule has 1 aromatic carbocycles. The largest absolute Gasteiger partial charge is 0.467 e. The van der Waals surface area contributed by atoms with E-state index in [2.05, 4.69) is 8.92 Å². The minimum atomic E-state index is -1.08. The number of amides is 1. The third-order valence-electron chi connectivity index (χ3n) is 2.95. The number of carbonyl (C=O) groups excluding carboxylic acids is 2. The summed E-state index contributed by atoms with van der Waals surface area (Å²) in [5, 5.41) is 0. The van der Waals surface area contributed by atoms with Gasteiger partial charge in [0.05, 0.1) is 12.7 Å². The third kappa shape index (κ3) is 3.15. The number of benzene rings is 1. The summed E-state index contributed by atoms with van der Waals surface area (Å²) in [5.74, 6) is -2.04. The Morgan fingerprint density at radius 3 is 2.76 bits per heavy atom. The van der Waals surface area contributed by atoms with Crippen LogP contribution in [0.4, 0.5) is 8.28 Å². The summed E-state index contributed by atoms with van der Waals surface area (Å²) in [6.45, 7) is 0. The molecule has 0 radical (unpaired) electrons. The van der Waals surface area contributed by atoms with Gasteiger partial charge in [0, 0.05) is 12.6 Å². The Morgan fingerprint density at radius 2 is 2.10 bits per heavy atom. The van der Waals surface area contributed by atoms with E-state index in [0.29, 0.717) is 0 Å². The lowest BCUT2D eigenvalue weighted by Crippen LogP contribution is -2.39. The second-order valence-corrected chi connectivity index (χ2v) is 4.47. The highest BCUT2D eigenvalue weighted by molar-refractivity contribution is 7.89. The van der Waals surface area contributed by atoms with Gasteiger partial charge in [-0.3, -0.25) is 9.69 Å². The van der Waals surface area contributed by atoms with Crippen molar-refractivity contribution in [1.29, 1.82) is 0 Å². The average molecular weight is 315 g/mol. The zero-order valence-electron chi connectivity index (χ0n) is 10.9. The number of nitrogens with zero attached hydrogens (tertiary/aromatic N) is 1. The highest BCUT2D eigenvalue weighted by atomic mass is 32.2. The third-order valence-corrected chi connectivity index (χ3v) is 3.19. The molecule has 0 saturated carbocycles. The van der Waals surface area contributed by atoms with Crippen molar-refractivity contribution >= 4 is 24.3 Å². The van der Waals surface area contributed by atoms with Gasteiger partial charge in [-0.1, -0.05) is 12.1 Å². The van der Waals surface area contributed by atoms with Crippen LogP contribution >= 0.6 is 12.4 Å². The zero-order chi connectivity index (χ0) is 15.4. The van der Waals surface area contributed by atoms with Crippen molar-refractivity contribution in [2.24, 2.45) is 0 Å². The lowest BCUT2D eigenvalue weighted by molar-refractivity contribution is -0.144. The highest BCUT2D eigenvalue weighted by Gasteiger charge is 2.37. The lowest BCUT2D eigenvalue weighted by atomic mass is 10.1. The molecule has 1 aliphatic heterocycles. The van der Waals surface area contributed by atoms with Crippen LogP contribution in [0.25, 0.3) is 0 Å². The van der Waals surface area contributed by atoms with Crippen molar-refractivity contribution in [3.05, 3.63) is 41.9 Å². The Hall–Kier alpha value is -2.09. The van der Waals surface area contributed by atoms with Crippen LogP contribution in [0.2, 0.25) is 0 Å². The highest BCUT2D eigenvalue weighted by Crippen LogP contribution is 2.29. The first kappa shape index (κ1) is 15.3. The molecular formula is C13H11F2NO4S. The summed E-state index contributed by atoms with van der Waals surface area (Å²) in [6.07, 6.45) is 0.683. The molecule has 1 heterocycles. The van der Waals surface area contributed by atoms with E-state index < -0.39 is 36.2 Å². The first-order valence-electron chi connectivity index (χ1n) is 5.89. The quantitative estimate of drug-likeness (QED) is 0.632. The van der Waals surface area contributed by atoms with Crippen LogP contribution in [0, 0.1) is 0 Å². The van der Waals surface area contributed by atoms with Crippen LogP contribution in [-0.4, -0.2) is 29.9 Å². The van der Waals surface area contributed by atoms with Gasteiger partial charge >= 0.3 is 5.97 Å². The van der Waals surface area contributed by atoms with Gasteiger partial charge in [-0.2, -0.15) is 0 Å². The Labute approximate surface area is 124 Å². The number of halogens is 2. The number of ether oxygens (including phenoxy) is 1. The fraction of sp³-hybridized carbons (Fsp3) is 0.231. The molecule has 1 aromatic rings. The number of esters is 1. The van der Waals surface area contributed by atoms with Crippen LogP contribution in [0.1, 0.15) is 16.8 Å². The normalized spacial score (nSPS) is 17.4. The smallest absolute Gasteiger partial charge is 0.329 e. The number of para-hydroxylation sites is 1. The summed E-state index contributed by atoms with van der Waals surface area (Å²) in [5.41, 5.74) is 0.0162. The molecule has 21 heavy (non-hydrogen) atoms. The number of hydrogen-bond acceptors (Lipinski definition) is 5. The van der Waals surface area contributed by atoms with Gasteiger partial charge in [0.1, 0.15) is 11.9 Å². The molecule has 0 fully saturated rings. The van der Waals surface area contributed by atoms with Crippen molar-refractivity contribution < 1.29 is 26.8 Å². The minimum absolute atomic E-state index is 0.0145. The van der Waals surface area contributed by atoms with E-state index in [1.165, 1.54) is 12.1 Å². The Morgan fingerprint density at radius 1 is 1.38 bits per heavy atom. The van der Waals surface area contributed by atoms with Crippen LogP contribution in [0.5, 0.6) is 5.75 Å². The molecule has 5 nitrogen and oxygen atoms in total. The van der Waals surface area contributed by atoms with Crippen molar-refractivity contribution in [1.82, 2.24) is 4.90 Å². The Kier molecular flexibility index (Phi) is 4.79. The first-order valence-corrected chi connectivity index (χ1v) is 6.53. The summed E-state index contributed by atoms with van der Waals surface area (Å²) in [4.78, 5) is 24.9. The first-order chi connectivity index (χ1) is 10.1. The van der Waals surface area contributed by atoms with Crippen molar-refractivity contribution in [3.8, 4) is 5.75 Å². The summed E-state index contributed by atoms with van der Waals surface area (Å²) < 4.78 is 34.8. The molecule has 2 rings (SSSR count). The topological polar surface area (TPSA) is 55.8 Å². The standard InChI is InChI=1S/C13H11F2NO4S/c1-19-13(18)10-6-8(14)7-16(10)12(17)9-4-2-3-5-11(9)20-21-15/h2-5,7,10H,6H2,1H3. The maximum atomic E-state index is 13.4. The average Bonchev–Trinajstić information content (AvgIpc) is 2.88. The molecular weight excluding hydrogens is 304 g/mol. The number of hydrogen-bond donors (Lipinski definition) is 0. The molecule has 112 valence electrons. The van der Waals surface area contributed by atoms with Crippen molar-refractivity contribution in [3.63, 3.8) is 0 Å². The fourth-order valence-electron chi connectivity index (χ4n) is 2.00. The molecule has 0 bridgehead atoms. The van der Waals surface area contributed by atoms with Gasteiger partial charge in [0.2, 0.25) is 0 Å². The molecule has 0 aromatic heterocycles. The van der Waals surface area contributed by atoms with Crippen molar-refractivity contribution in [2.75, 3.05) is 7.11 Å². The molecule has 0 saturated heterocycles. The number of rotatable bonds is 4. The molecule has 8 heteroatoms. The zero-order valence-corrected chi connectivity index (χ0v) is 11.7. The van der Waals surface area contributed by atoms with Gasteiger partial charge in [-0.15, -0.1) is 3.89 Å². The summed E-state index contributed by atoms with van der Waals surface area (Å²) >= 11 is -0.411. The van der Waals surface area contributed by atoms with Gasteiger partial charge < -0.3 is 8.92 Å². The van der Waals surface area contributed by atoms with E-state index in [9.17, 15) is 17.9 Å². The van der Waals surface area contributed by atoms with Crippen molar-refractivity contribution in [2.45, 2.75) is 12.5 Å². The van der Waals surface area contributed by atoms with Crippen LogP contribution in [-0.2, 0) is 9.53 Å². The van der Waals surface area contributed by atoms with Gasteiger partial charge in [-0.05, 0) is 12.1 Å². The van der Waals surface area contributed by atoms with Gasteiger partial charge in [0.25, 0.3) is 18.3 Å². The van der Waals surface area contributed by atoms with E-state index >= 15 is 0 Å². The molecule has 0 spiro atoms. The fourth-order valence-corrected chi connectivity index (χ4v) is 2.21. The van der Waals surface area contributed by atoms with Gasteiger partial charge in [-0.25, -0.2) is 9.18 Å². The molecule has 1 amide bonds. The van der Waals surface area contributed by atoms with Crippen LogP contribution in [0.15, 0.2) is 36.3 Å². The lowest BCUT2D eigenvalue weighted by Gasteiger charge is -2.21. The van der Waals surface area contributed by atoms with E-state index in [1.807, 2.05) is 0 Å².